The first-order valence-corrected chi connectivity index (χ1v) is 8.39. The summed E-state index contributed by atoms with van der Waals surface area (Å²) in [6.07, 6.45) is 2.28. The summed E-state index contributed by atoms with van der Waals surface area (Å²) in [4.78, 5) is 7.79. The predicted octanol–water partition coefficient (Wildman–Crippen LogP) is 3.06. The minimum Gasteiger partial charge on any atom is -0.339 e. The van der Waals surface area contributed by atoms with E-state index in [9.17, 15) is 0 Å². The molecule has 1 aliphatic heterocycles. The maximum Gasteiger partial charge on any atom is 0.245 e. The van der Waals surface area contributed by atoms with Crippen molar-refractivity contribution in [2.45, 2.75) is 26.7 Å². The highest BCUT2D eigenvalue weighted by Gasteiger charge is 2.31. The molecule has 1 aliphatic rings. The molecule has 1 saturated heterocycles. The number of piperidine rings is 1. The van der Waals surface area contributed by atoms with Crippen molar-refractivity contribution in [3.63, 3.8) is 0 Å². The number of nitrogens with zero attached hydrogens (tertiary/aromatic N) is 3. The summed E-state index contributed by atoms with van der Waals surface area (Å²) < 4.78 is 0. The molecule has 7 heteroatoms. The van der Waals surface area contributed by atoms with Crippen LogP contribution in [0.3, 0.4) is 0 Å². The molecule has 0 spiro atoms. The van der Waals surface area contributed by atoms with Crippen LogP contribution in [0.25, 0.3) is 10.7 Å². The smallest absolute Gasteiger partial charge is 0.245 e. The number of thiophene rings is 1. The van der Waals surface area contributed by atoms with Gasteiger partial charge in [0.15, 0.2) is 5.82 Å². The zero-order valence-corrected chi connectivity index (χ0v) is 13.9. The van der Waals surface area contributed by atoms with Crippen LogP contribution in [0, 0.1) is 12.3 Å². The van der Waals surface area contributed by atoms with Gasteiger partial charge in [-0.25, -0.2) is 0 Å². The number of aromatic nitrogens is 3. The minimum absolute atomic E-state index is 0.149. The first-order valence-electron chi connectivity index (χ1n) is 7.14. The molecule has 0 aromatic carbocycles. The molecule has 3 N–H and O–H groups in total. The maximum absolute atomic E-state index is 6.30. The highest BCUT2D eigenvalue weighted by atomic mass is 35.5. The van der Waals surface area contributed by atoms with Gasteiger partial charge in [-0.15, -0.1) is 16.4 Å². The fraction of sp³-hybridized carbons (Fsp3) is 0.571. The van der Waals surface area contributed by atoms with E-state index >= 15 is 0 Å². The lowest BCUT2D eigenvalue weighted by molar-refractivity contribution is 0.270. The average molecular weight is 326 g/mol. The third-order valence-corrected chi connectivity index (χ3v) is 5.85. The Morgan fingerprint density at radius 1 is 1.57 bits per heavy atom. The fourth-order valence-electron chi connectivity index (χ4n) is 2.74. The highest BCUT2D eigenvalue weighted by molar-refractivity contribution is 7.14. The van der Waals surface area contributed by atoms with Gasteiger partial charge >= 0.3 is 0 Å². The van der Waals surface area contributed by atoms with Gasteiger partial charge in [0.05, 0.1) is 9.90 Å². The molecule has 0 bridgehead atoms. The summed E-state index contributed by atoms with van der Waals surface area (Å²) in [5.74, 6) is 1.49. The molecule has 0 radical (unpaired) electrons. The van der Waals surface area contributed by atoms with E-state index < -0.39 is 0 Å². The van der Waals surface area contributed by atoms with Gasteiger partial charge in [0.1, 0.15) is 0 Å². The SMILES string of the molecule is Cc1csc(-c2nc(N3CCCC(C)(CN)C3)n[nH]2)c1Cl. The highest BCUT2D eigenvalue weighted by Crippen LogP contribution is 2.36. The molecule has 21 heavy (non-hydrogen) atoms. The molecule has 2 aromatic heterocycles. The van der Waals surface area contributed by atoms with Gasteiger partial charge in [-0.3, -0.25) is 5.10 Å². The second kappa shape index (κ2) is 5.59. The molecule has 0 aliphatic carbocycles. The molecule has 1 atom stereocenters. The molecule has 3 rings (SSSR count). The summed E-state index contributed by atoms with van der Waals surface area (Å²) in [6, 6.07) is 0. The Balaban J connectivity index is 1.83. The van der Waals surface area contributed by atoms with Gasteiger partial charge in [-0.2, -0.15) is 4.98 Å². The first-order chi connectivity index (χ1) is 10.0. The van der Waals surface area contributed by atoms with E-state index in [4.69, 9.17) is 17.3 Å². The third-order valence-electron chi connectivity index (χ3n) is 4.14. The molecule has 0 amide bonds. The Bertz CT molecular complexity index is 637. The summed E-state index contributed by atoms with van der Waals surface area (Å²) in [5.41, 5.74) is 7.13. The molecule has 3 heterocycles. The van der Waals surface area contributed by atoms with Crippen LogP contribution in [-0.2, 0) is 0 Å². The lowest BCUT2D eigenvalue weighted by atomic mass is 9.82. The zero-order valence-electron chi connectivity index (χ0n) is 12.3. The van der Waals surface area contributed by atoms with Crippen molar-refractivity contribution in [1.82, 2.24) is 15.2 Å². The lowest BCUT2D eigenvalue weighted by Crippen LogP contribution is -2.46. The van der Waals surface area contributed by atoms with Gasteiger partial charge in [0.25, 0.3) is 0 Å². The summed E-state index contributed by atoms with van der Waals surface area (Å²) in [6.45, 7) is 6.79. The molecule has 1 unspecified atom stereocenters. The van der Waals surface area contributed by atoms with Crippen molar-refractivity contribution in [2.24, 2.45) is 11.1 Å². The number of anilines is 1. The monoisotopic (exact) mass is 325 g/mol. The maximum atomic E-state index is 6.30. The number of nitrogens with two attached hydrogens (primary N) is 1. The van der Waals surface area contributed by atoms with Crippen LogP contribution < -0.4 is 10.6 Å². The van der Waals surface area contributed by atoms with Crippen molar-refractivity contribution in [3.05, 3.63) is 16.0 Å². The quantitative estimate of drug-likeness (QED) is 0.909. The fourth-order valence-corrected chi connectivity index (χ4v) is 3.96. The van der Waals surface area contributed by atoms with Crippen molar-refractivity contribution in [1.29, 1.82) is 0 Å². The molecule has 5 nitrogen and oxygen atoms in total. The number of rotatable bonds is 3. The van der Waals surface area contributed by atoms with Crippen LogP contribution in [0.1, 0.15) is 25.3 Å². The molecule has 2 aromatic rings. The third kappa shape index (κ3) is 2.80. The number of halogens is 1. The van der Waals surface area contributed by atoms with Crippen molar-refractivity contribution in [3.8, 4) is 10.7 Å². The minimum atomic E-state index is 0.149. The van der Waals surface area contributed by atoms with Crippen LogP contribution in [0.2, 0.25) is 5.02 Å². The van der Waals surface area contributed by atoms with E-state index in [1.165, 1.54) is 0 Å². The lowest BCUT2D eigenvalue weighted by Gasteiger charge is -2.39. The van der Waals surface area contributed by atoms with E-state index in [1.54, 1.807) is 11.3 Å². The Morgan fingerprint density at radius 2 is 2.38 bits per heavy atom. The number of H-pyrrole nitrogens is 1. The number of hydrogen-bond acceptors (Lipinski definition) is 5. The van der Waals surface area contributed by atoms with Gasteiger partial charge in [0, 0.05) is 13.1 Å². The van der Waals surface area contributed by atoms with E-state index in [0.717, 1.165) is 53.2 Å². The standard InChI is InChI=1S/C14H20ClN5S/c1-9-6-21-11(10(9)15)12-17-13(19-18-12)20-5-3-4-14(2,7-16)8-20/h6H,3-5,7-8,16H2,1-2H3,(H,17,18,19). The Hall–Kier alpha value is -1.11. The van der Waals surface area contributed by atoms with Crippen LogP contribution in [0.5, 0.6) is 0 Å². The van der Waals surface area contributed by atoms with Crippen molar-refractivity contribution < 1.29 is 0 Å². The molecule has 1 fully saturated rings. The Kier molecular flexibility index (Phi) is 3.94. The van der Waals surface area contributed by atoms with Crippen LogP contribution in [-0.4, -0.2) is 34.8 Å². The van der Waals surface area contributed by atoms with Gasteiger partial charge in [-0.05, 0) is 42.7 Å². The number of hydrogen-bond donors (Lipinski definition) is 2. The van der Waals surface area contributed by atoms with Crippen molar-refractivity contribution in [2.75, 3.05) is 24.5 Å². The normalized spacial score (nSPS) is 22.8. The van der Waals surface area contributed by atoms with Crippen LogP contribution in [0.4, 0.5) is 5.95 Å². The van der Waals surface area contributed by atoms with E-state index in [-0.39, 0.29) is 5.41 Å². The van der Waals surface area contributed by atoms with E-state index in [0.29, 0.717) is 6.54 Å². The number of nitrogens with one attached hydrogen (secondary N) is 1. The molecular formula is C14H20ClN5S. The zero-order chi connectivity index (χ0) is 15.0. The second-order valence-electron chi connectivity index (χ2n) is 6.09. The summed E-state index contributed by atoms with van der Waals surface area (Å²) in [7, 11) is 0. The Morgan fingerprint density at radius 3 is 3.05 bits per heavy atom. The molecule has 114 valence electrons. The van der Waals surface area contributed by atoms with Gasteiger partial charge in [-0.1, -0.05) is 18.5 Å². The van der Waals surface area contributed by atoms with E-state index in [1.807, 2.05) is 12.3 Å². The topological polar surface area (TPSA) is 70.8 Å². The van der Waals surface area contributed by atoms with Gasteiger partial charge in [0.2, 0.25) is 5.95 Å². The summed E-state index contributed by atoms with van der Waals surface area (Å²) in [5, 5.41) is 10.2. The average Bonchev–Trinajstić information content (AvgIpc) is 3.08. The Labute approximate surface area is 133 Å². The molecular weight excluding hydrogens is 306 g/mol. The predicted molar refractivity (Wildman–Crippen MR) is 88.1 cm³/mol. The van der Waals surface area contributed by atoms with E-state index in [2.05, 4.69) is 27.0 Å². The van der Waals surface area contributed by atoms with Gasteiger partial charge < -0.3 is 10.6 Å². The van der Waals surface area contributed by atoms with Crippen LogP contribution in [0.15, 0.2) is 5.38 Å². The largest absolute Gasteiger partial charge is 0.339 e. The molecule has 0 saturated carbocycles. The first kappa shape index (κ1) is 14.8. The van der Waals surface area contributed by atoms with Crippen LogP contribution >= 0.6 is 22.9 Å². The summed E-state index contributed by atoms with van der Waals surface area (Å²) >= 11 is 7.89. The van der Waals surface area contributed by atoms with Crippen molar-refractivity contribution >= 4 is 28.9 Å². The second-order valence-corrected chi connectivity index (χ2v) is 7.34. The number of aromatic amines is 1. The number of aryl methyl sites for hydroxylation is 1.